The maximum absolute atomic E-state index is 12.9. The average Bonchev–Trinajstić information content (AvgIpc) is 3.45. The molecule has 0 aliphatic carbocycles. The van der Waals surface area contributed by atoms with Crippen molar-refractivity contribution in [3.05, 3.63) is 40.7 Å². The summed E-state index contributed by atoms with van der Waals surface area (Å²) in [5, 5.41) is 11.6. The van der Waals surface area contributed by atoms with Gasteiger partial charge in [0.2, 0.25) is 0 Å². The van der Waals surface area contributed by atoms with E-state index in [0.717, 1.165) is 31.6 Å². The normalized spacial score (nSPS) is 16.8. The Morgan fingerprint density at radius 3 is 2.63 bits per heavy atom. The van der Waals surface area contributed by atoms with Gasteiger partial charge in [0.25, 0.3) is 0 Å². The summed E-state index contributed by atoms with van der Waals surface area (Å²) in [6.07, 6.45) is 7.08. The van der Waals surface area contributed by atoms with Gasteiger partial charge in [0.05, 0.1) is 24.4 Å². The molecule has 3 N–H and O–H groups in total. The number of amides is 3. The van der Waals surface area contributed by atoms with Gasteiger partial charge in [-0.15, -0.1) is 0 Å². The van der Waals surface area contributed by atoms with Crippen LogP contribution in [0.25, 0.3) is 0 Å². The minimum absolute atomic E-state index is 0.172. The highest BCUT2D eigenvalue weighted by atomic mass is 16.6. The molecule has 3 amide bonds. The molecule has 0 atom stereocenters. The Morgan fingerprint density at radius 2 is 1.95 bits per heavy atom. The van der Waals surface area contributed by atoms with Crippen LogP contribution in [-0.2, 0) is 22.4 Å². The molecule has 0 unspecified atom stereocenters. The Hall–Kier alpha value is -4.24. The van der Waals surface area contributed by atoms with Crippen LogP contribution in [-0.4, -0.2) is 66.2 Å². The molecule has 2 saturated heterocycles. The second-order valence-corrected chi connectivity index (χ2v) is 9.15. The van der Waals surface area contributed by atoms with E-state index >= 15 is 0 Å². The van der Waals surface area contributed by atoms with Gasteiger partial charge in [-0.2, -0.15) is 5.26 Å². The fraction of sp³-hybridized carbons (Fsp3) is 0.462. The van der Waals surface area contributed by atoms with Crippen LogP contribution in [0.2, 0.25) is 0 Å². The molecule has 200 valence electrons. The van der Waals surface area contributed by atoms with E-state index in [1.165, 1.54) is 30.0 Å². The van der Waals surface area contributed by atoms with Gasteiger partial charge < -0.3 is 20.1 Å². The molecule has 2 aromatic heterocycles. The Labute approximate surface area is 220 Å². The van der Waals surface area contributed by atoms with Crippen molar-refractivity contribution in [2.75, 3.05) is 48.9 Å². The van der Waals surface area contributed by atoms with Crippen LogP contribution in [0.1, 0.15) is 59.3 Å². The maximum Gasteiger partial charge on any atom is 0.410 e. The third-order valence-corrected chi connectivity index (χ3v) is 6.42. The summed E-state index contributed by atoms with van der Waals surface area (Å²) in [7, 11) is 0. The van der Waals surface area contributed by atoms with Crippen molar-refractivity contribution in [3.8, 4) is 6.07 Å². The zero-order valence-corrected chi connectivity index (χ0v) is 21.1. The maximum atomic E-state index is 12.9. The average molecular weight is 522 g/mol. The number of ether oxygens (including phenoxy) is 2. The second-order valence-electron chi connectivity index (χ2n) is 9.15. The quantitative estimate of drug-likeness (QED) is 0.575. The zero-order chi connectivity index (χ0) is 26.9. The van der Waals surface area contributed by atoms with Gasteiger partial charge in [0, 0.05) is 44.1 Å². The van der Waals surface area contributed by atoms with Gasteiger partial charge >= 0.3 is 12.1 Å². The van der Waals surface area contributed by atoms with Crippen molar-refractivity contribution in [1.29, 1.82) is 5.26 Å². The van der Waals surface area contributed by atoms with E-state index in [-0.39, 0.29) is 29.3 Å². The number of cyclic esters (lactones) is 1. The molecule has 2 fully saturated rings. The fourth-order valence-electron chi connectivity index (χ4n) is 4.40. The number of nitrogen functional groups attached to an aromatic ring is 1. The van der Waals surface area contributed by atoms with E-state index in [9.17, 15) is 14.4 Å². The molecule has 0 radical (unpaired) electrons. The second kappa shape index (κ2) is 12.8. The fourth-order valence-corrected chi connectivity index (χ4v) is 4.40. The lowest BCUT2D eigenvalue weighted by molar-refractivity contribution is 0.109. The molecule has 5 heterocycles. The van der Waals surface area contributed by atoms with Crippen LogP contribution >= 0.6 is 0 Å². The summed E-state index contributed by atoms with van der Waals surface area (Å²) < 4.78 is 10.1. The Kier molecular flexibility index (Phi) is 9.05. The summed E-state index contributed by atoms with van der Waals surface area (Å²) in [6.45, 7) is 3.56. The van der Waals surface area contributed by atoms with Crippen LogP contribution in [0.4, 0.5) is 26.9 Å². The number of carbonyl (C=O) groups is 3. The number of anilines is 3. The van der Waals surface area contributed by atoms with Gasteiger partial charge in [-0.25, -0.2) is 19.6 Å². The van der Waals surface area contributed by atoms with E-state index in [0.29, 0.717) is 50.2 Å². The molecule has 12 heteroatoms. The predicted molar refractivity (Wildman–Crippen MR) is 139 cm³/mol. The highest BCUT2D eigenvalue weighted by Gasteiger charge is 2.27. The van der Waals surface area contributed by atoms with Crippen molar-refractivity contribution in [1.82, 2.24) is 14.9 Å². The standard InChI is InChI=1S/C22H23N7O4.C4H8O/c23-10-16-11-25-19(9-17(16)24)27-21(31)29-6-3-4-14-8-15(18(13-30)26-20(14)29)12-28-5-1-2-7-33-22(28)32;1-2-4-5-3-1/h8-9,11,13H,1-7,12H2,(H3,24,25,27,31);1-4H2. The number of aldehydes is 1. The number of fused-ring (bicyclic) bond motifs is 1. The minimum Gasteiger partial charge on any atom is -0.449 e. The Bertz CT molecular complexity index is 1220. The van der Waals surface area contributed by atoms with Gasteiger partial charge in [-0.05, 0) is 50.2 Å². The topological polar surface area (TPSA) is 164 Å². The number of nitriles is 1. The van der Waals surface area contributed by atoms with Gasteiger partial charge in [-0.1, -0.05) is 0 Å². The molecular formula is C26H31N7O5. The smallest absolute Gasteiger partial charge is 0.410 e. The Morgan fingerprint density at radius 1 is 1.16 bits per heavy atom. The SMILES string of the molecule is C1CCOC1.N#Cc1cnc(NC(=O)N2CCCc3cc(CN4CCCCOC4=O)c(C=O)nc32)cc1N. The van der Waals surface area contributed by atoms with Gasteiger partial charge in [0.1, 0.15) is 23.4 Å². The van der Waals surface area contributed by atoms with Crippen LogP contribution in [0, 0.1) is 11.3 Å². The van der Waals surface area contributed by atoms with Crippen molar-refractivity contribution < 1.29 is 23.9 Å². The minimum atomic E-state index is -0.472. The van der Waals surface area contributed by atoms with Crippen LogP contribution in [0.3, 0.4) is 0 Å². The molecule has 0 bridgehead atoms. The van der Waals surface area contributed by atoms with Crippen LogP contribution in [0.5, 0.6) is 0 Å². The zero-order valence-electron chi connectivity index (χ0n) is 21.1. The first-order valence-electron chi connectivity index (χ1n) is 12.7. The van der Waals surface area contributed by atoms with Crippen molar-refractivity contribution in [2.45, 2.75) is 45.1 Å². The molecule has 3 aliphatic heterocycles. The highest BCUT2D eigenvalue weighted by Crippen LogP contribution is 2.29. The summed E-state index contributed by atoms with van der Waals surface area (Å²) in [5.41, 5.74) is 7.83. The lowest BCUT2D eigenvalue weighted by atomic mass is 10.0. The molecule has 38 heavy (non-hydrogen) atoms. The summed E-state index contributed by atoms with van der Waals surface area (Å²) in [4.78, 5) is 48.5. The van der Waals surface area contributed by atoms with Gasteiger partial charge in [-0.3, -0.25) is 15.0 Å². The molecule has 12 nitrogen and oxygen atoms in total. The van der Waals surface area contributed by atoms with E-state index in [1.54, 1.807) is 4.90 Å². The number of pyridine rings is 2. The largest absolute Gasteiger partial charge is 0.449 e. The number of aryl methyl sites for hydroxylation is 1. The van der Waals surface area contributed by atoms with Crippen LogP contribution < -0.4 is 16.0 Å². The molecule has 5 rings (SSSR count). The number of aromatic nitrogens is 2. The Balaban J connectivity index is 0.000000603. The molecular weight excluding hydrogens is 490 g/mol. The number of nitrogens with two attached hydrogens (primary N) is 1. The first-order valence-corrected chi connectivity index (χ1v) is 12.7. The molecule has 0 saturated carbocycles. The lowest BCUT2D eigenvalue weighted by Gasteiger charge is -2.29. The van der Waals surface area contributed by atoms with Gasteiger partial charge in [0.15, 0.2) is 6.29 Å². The summed E-state index contributed by atoms with van der Waals surface area (Å²) >= 11 is 0. The third kappa shape index (κ3) is 6.54. The van der Waals surface area contributed by atoms with E-state index < -0.39 is 12.1 Å². The first-order chi connectivity index (χ1) is 18.5. The molecule has 0 aromatic carbocycles. The van der Waals surface area contributed by atoms with Crippen molar-refractivity contribution in [3.63, 3.8) is 0 Å². The third-order valence-electron chi connectivity index (χ3n) is 6.42. The number of urea groups is 1. The molecule has 2 aromatic rings. The van der Waals surface area contributed by atoms with E-state index in [4.69, 9.17) is 20.5 Å². The summed E-state index contributed by atoms with van der Waals surface area (Å²) in [5.74, 6) is 0.597. The van der Waals surface area contributed by atoms with Crippen LogP contribution in [0.15, 0.2) is 18.3 Å². The lowest BCUT2D eigenvalue weighted by Crippen LogP contribution is -2.40. The summed E-state index contributed by atoms with van der Waals surface area (Å²) in [6, 6.07) is 4.69. The van der Waals surface area contributed by atoms with Crippen molar-refractivity contribution in [2.24, 2.45) is 0 Å². The monoisotopic (exact) mass is 521 g/mol. The number of carbonyl (C=O) groups excluding carboxylic acids is 3. The predicted octanol–water partition coefficient (Wildman–Crippen LogP) is 3.26. The van der Waals surface area contributed by atoms with Crippen molar-refractivity contribution >= 4 is 35.7 Å². The molecule has 0 spiro atoms. The first kappa shape index (κ1) is 26.8. The number of rotatable bonds is 4. The number of nitrogens with one attached hydrogen (secondary N) is 1. The van der Waals surface area contributed by atoms with E-state index in [1.807, 2.05) is 12.1 Å². The number of hydrogen-bond donors (Lipinski definition) is 2. The number of hydrogen-bond acceptors (Lipinski definition) is 9. The number of nitrogens with zero attached hydrogens (tertiary/aromatic N) is 5. The van der Waals surface area contributed by atoms with E-state index in [2.05, 4.69) is 15.3 Å². The molecule has 3 aliphatic rings. The highest BCUT2D eigenvalue weighted by molar-refractivity contribution is 6.01.